The van der Waals surface area contributed by atoms with Crippen LogP contribution in [0.15, 0.2) is 48.0 Å². The Morgan fingerprint density at radius 3 is 2.85 bits per heavy atom. The van der Waals surface area contributed by atoms with Gasteiger partial charge in [0.15, 0.2) is 0 Å². The Balaban J connectivity index is 1.43. The number of carbonyl (C=O) groups excluding carboxylic acids is 1. The van der Waals surface area contributed by atoms with E-state index in [0.717, 1.165) is 62.0 Å². The standard InChI is InChI=1S/C22H23N3OS/c26-21(22(10-1-2-11-22)19-8-5-13-27-19)24-17-7-3-6-16(14-17)18-15-23-20-9-4-12-25(18)20/h3,5-8,13-15H,1-2,4,9-12H2,(H,24,26). The monoisotopic (exact) mass is 377 g/mol. The number of nitrogens with zero attached hydrogens (tertiary/aromatic N) is 2. The second kappa shape index (κ2) is 6.64. The van der Waals surface area contributed by atoms with Crippen molar-refractivity contribution in [3.05, 3.63) is 58.7 Å². The predicted octanol–water partition coefficient (Wildman–Crippen LogP) is 5.01. The van der Waals surface area contributed by atoms with Crippen molar-refractivity contribution in [2.45, 2.75) is 50.5 Å². The first-order chi connectivity index (χ1) is 13.3. The minimum absolute atomic E-state index is 0.137. The first-order valence-corrected chi connectivity index (χ1v) is 10.6. The number of thiophene rings is 1. The van der Waals surface area contributed by atoms with Crippen LogP contribution in [0.4, 0.5) is 5.69 Å². The maximum absolute atomic E-state index is 13.3. The van der Waals surface area contributed by atoms with Crippen LogP contribution in [0.25, 0.3) is 11.3 Å². The summed E-state index contributed by atoms with van der Waals surface area (Å²) >= 11 is 1.70. The summed E-state index contributed by atoms with van der Waals surface area (Å²) in [6.07, 6.45) is 8.29. The van der Waals surface area contributed by atoms with Gasteiger partial charge in [0.1, 0.15) is 5.82 Å². The predicted molar refractivity (Wildman–Crippen MR) is 109 cm³/mol. The van der Waals surface area contributed by atoms with Crippen LogP contribution in [0.5, 0.6) is 0 Å². The number of hydrogen-bond acceptors (Lipinski definition) is 3. The number of aryl methyl sites for hydroxylation is 1. The lowest BCUT2D eigenvalue weighted by molar-refractivity contribution is -0.121. The number of benzene rings is 1. The average molecular weight is 378 g/mol. The summed E-state index contributed by atoms with van der Waals surface area (Å²) in [4.78, 5) is 19.0. The average Bonchev–Trinajstić information content (AvgIpc) is 3.46. The van der Waals surface area contributed by atoms with Crippen LogP contribution in [0.2, 0.25) is 0 Å². The second-order valence-corrected chi connectivity index (χ2v) is 8.56. The van der Waals surface area contributed by atoms with Crippen LogP contribution >= 0.6 is 11.3 Å². The molecule has 1 aliphatic heterocycles. The molecule has 4 nitrogen and oxygen atoms in total. The Labute approximate surface area is 163 Å². The highest BCUT2D eigenvalue weighted by atomic mass is 32.1. The van der Waals surface area contributed by atoms with Gasteiger partial charge in [-0.1, -0.05) is 31.0 Å². The number of aromatic nitrogens is 2. The van der Waals surface area contributed by atoms with Gasteiger partial charge in [-0.25, -0.2) is 4.98 Å². The molecule has 1 N–H and O–H groups in total. The van der Waals surface area contributed by atoms with Crippen LogP contribution in [0.3, 0.4) is 0 Å². The minimum Gasteiger partial charge on any atom is -0.328 e. The van der Waals surface area contributed by atoms with Gasteiger partial charge in [0, 0.05) is 29.1 Å². The molecule has 1 aliphatic carbocycles. The molecule has 5 rings (SSSR count). The Kier molecular flexibility index (Phi) is 4.12. The molecule has 27 heavy (non-hydrogen) atoms. The lowest BCUT2D eigenvalue weighted by atomic mass is 9.83. The fraction of sp³-hybridized carbons (Fsp3) is 0.364. The van der Waals surface area contributed by atoms with E-state index in [2.05, 4.69) is 38.4 Å². The Morgan fingerprint density at radius 1 is 1.15 bits per heavy atom. The molecule has 3 heterocycles. The van der Waals surface area contributed by atoms with Crippen LogP contribution in [-0.2, 0) is 23.2 Å². The topological polar surface area (TPSA) is 46.9 Å². The van der Waals surface area contributed by atoms with E-state index in [1.54, 1.807) is 11.3 Å². The molecular weight excluding hydrogens is 354 g/mol. The molecule has 1 fully saturated rings. The lowest BCUT2D eigenvalue weighted by Gasteiger charge is -2.26. The van der Waals surface area contributed by atoms with E-state index in [9.17, 15) is 4.79 Å². The Bertz CT molecular complexity index is 967. The lowest BCUT2D eigenvalue weighted by Crippen LogP contribution is -2.37. The summed E-state index contributed by atoms with van der Waals surface area (Å²) in [5.41, 5.74) is 2.77. The fourth-order valence-electron chi connectivity index (χ4n) is 4.61. The van der Waals surface area contributed by atoms with Crippen molar-refractivity contribution in [2.75, 3.05) is 5.32 Å². The smallest absolute Gasteiger partial charge is 0.235 e. The number of nitrogens with one attached hydrogen (secondary N) is 1. The number of imidazole rings is 1. The Morgan fingerprint density at radius 2 is 2.04 bits per heavy atom. The molecule has 2 aliphatic rings. The highest BCUT2D eigenvalue weighted by Gasteiger charge is 2.43. The van der Waals surface area contributed by atoms with Crippen LogP contribution in [-0.4, -0.2) is 15.5 Å². The normalized spacial score (nSPS) is 17.8. The molecule has 2 aromatic heterocycles. The van der Waals surface area contributed by atoms with Gasteiger partial charge in [-0.05, 0) is 42.8 Å². The van der Waals surface area contributed by atoms with Gasteiger partial charge in [-0.3, -0.25) is 4.79 Å². The van der Waals surface area contributed by atoms with Gasteiger partial charge in [-0.15, -0.1) is 11.3 Å². The first-order valence-electron chi connectivity index (χ1n) is 9.77. The number of fused-ring (bicyclic) bond motifs is 1. The summed E-state index contributed by atoms with van der Waals surface area (Å²) in [5, 5.41) is 5.29. The largest absolute Gasteiger partial charge is 0.328 e. The van der Waals surface area contributed by atoms with E-state index in [-0.39, 0.29) is 11.3 Å². The summed E-state index contributed by atoms with van der Waals surface area (Å²) < 4.78 is 2.30. The third-order valence-corrected chi connectivity index (χ3v) is 7.10. The summed E-state index contributed by atoms with van der Waals surface area (Å²) in [6.45, 7) is 1.03. The van der Waals surface area contributed by atoms with Gasteiger partial charge in [0.25, 0.3) is 0 Å². The SMILES string of the molecule is O=C(Nc1cccc(-c2cnc3n2CCC3)c1)C1(c2cccs2)CCCC1. The molecule has 1 amide bonds. The zero-order valence-corrected chi connectivity index (χ0v) is 16.1. The van der Waals surface area contributed by atoms with E-state index >= 15 is 0 Å². The van der Waals surface area contributed by atoms with Crippen molar-refractivity contribution < 1.29 is 4.79 Å². The van der Waals surface area contributed by atoms with Crippen LogP contribution in [0.1, 0.15) is 42.8 Å². The van der Waals surface area contributed by atoms with Gasteiger partial charge >= 0.3 is 0 Å². The zero-order valence-electron chi connectivity index (χ0n) is 15.3. The van der Waals surface area contributed by atoms with Crippen LogP contribution < -0.4 is 5.32 Å². The van der Waals surface area contributed by atoms with Crippen molar-refractivity contribution >= 4 is 22.9 Å². The summed E-state index contributed by atoms with van der Waals surface area (Å²) in [7, 11) is 0. The van der Waals surface area contributed by atoms with E-state index in [1.165, 1.54) is 10.7 Å². The van der Waals surface area contributed by atoms with Crippen LogP contribution in [0, 0.1) is 0 Å². The molecule has 0 spiro atoms. The van der Waals surface area contributed by atoms with Gasteiger partial charge < -0.3 is 9.88 Å². The molecule has 1 aromatic carbocycles. The maximum Gasteiger partial charge on any atom is 0.235 e. The molecule has 0 atom stereocenters. The highest BCUT2D eigenvalue weighted by Crippen LogP contribution is 2.44. The van der Waals surface area contributed by atoms with Gasteiger partial charge in [-0.2, -0.15) is 0 Å². The number of amides is 1. The van der Waals surface area contributed by atoms with Crippen molar-refractivity contribution in [1.29, 1.82) is 0 Å². The number of carbonyl (C=O) groups is 1. The van der Waals surface area contributed by atoms with E-state index in [0.29, 0.717) is 0 Å². The van der Waals surface area contributed by atoms with Crippen molar-refractivity contribution in [1.82, 2.24) is 9.55 Å². The van der Waals surface area contributed by atoms with E-state index < -0.39 is 0 Å². The first kappa shape index (κ1) is 16.8. The van der Waals surface area contributed by atoms with Crippen molar-refractivity contribution in [3.63, 3.8) is 0 Å². The molecule has 0 bridgehead atoms. The third-order valence-electron chi connectivity index (χ3n) is 6.02. The molecule has 0 unspecified atom stereocenters. The fourth-order valence-corrected chi connectivity index (χ4v) is 5.59. The van der Waals surface area contributed by atoms with Crippen molar-refractivity contribution in [2.24, 2.45) is 0 Å². The van der Waals surface area contributed by atoms with E-state index in [4.69, 9.17) is 0 Å². The molecular formula is C22H23N3OS. The second-order valence-electron chi connectivity index (χ2n) is 7.62. The number of rotatable bonds is 4. The molecule has 1 saturated carbocycles. The number of anilines is 1. The minimum atomic E-state index is -0.359. The molecule has 0 radical (unpaired) electrons. The quantitative estimate of drug-likeness (QED) is 0.695. The zero-order chi connectivity index (χ0) is 18.3. The molecule has 0 saturated heterocycles. The third kappa shape index (κ3) is 2.81. The van der Waals surface area contributed by atoms with E-state index in [1.807, 2.05) is 24.4 Å². The summed E-state index contributed by atoms with van der Waals surface area (Å²) in [6, 6.07) is 12.3. The molecule has 138 valence electrons. The molecule has 5 heteroatoms. The van der Waals surface area contributed by atoms with Gasteiger partial charge in [0.2, 0.25) is 5.91 Å². The maximum atomic E-state index is 13.3. The summed E-state index contributed by atoms with van der Waals surface area (Å²) in [5.74, 6) is 1.31. The Hall–Kier alpha value is -2.40. The highest BCUT2D eigenvalue weighted by molar-refractivity contribution is 7.10. The van der Waals surface area contributed by atoms with Gasteiger partial charge in [0.05, 0.1) is 17.3 Å². The number of hydrogen-bond donors (Lipinski definition) is 1. The molecule has 3 aromatic rings. The van der Waals surface area contributed by atoms with Crippen molar-refractivity contribution in [3.8, 4) is 11.3 Å².